The van der Waals surface area contributed by atoms with Crippen molar-refractivity contribution in [3.63, 3.8) is 0 Å². The average molecular weight is 281 g/mol. The van der Waals surface area contributed by atoms with Gasteiger partial charge in [-0.25, -0.2) is 0 Å². The number of carboxylic acids is 1. The van der Waals surface area contributed by atoms with Gasteiger partial charge < -0.3 is 15.6 Å². The summed E-state index contributed by atoms with van der Waals surface area (Å²) in [6.07, 6.45) is 2.08. The summed E-state index contributed by atoms with van der Waals surface area (Å²) in [7, 11) is 1.65. The van der Waals surface area contributed by atoms with Crippen LogP contribution in [0.5, 0.6) is 5.75 Å². The lowest BCUT2D eigenvalue weighted by Gasteiger charge is -2.16. The van der Waals surface area contributed by atoms with Crippen LogP contribution in [0.3, 0.4) is 0 Å². The molecule has 20 heavy (non-hydrogen) atoms. The Morgan fingerprint density at radius 3 is 2.45 bits per heavy atom. The zero-order valence-electron chi connectivity index (χ0n) is 13.0. The van der Waals surface area contributed by atoms with Gasteiger partial charge in [-0.15, -0.1) is 0 Å². The average Bonchev–Trinajstić information content (AvgIpc) is 2.37. The highest BCUT2D eigenvalue weighted by Gasteiger charge is 2.09. The van der Waals surface area contributed by atoms with Crippen molar-refractivity contribution in [2.75, 3.05) is 7.11 Å². The SMILES string of the molecule is CC(C)(C)CCCC(=O)O.COc1cccc(CN)c1. The van der Waals surface area contributed by atoms with E-state index in [1.54, 1.807) is 7.11 Å². The third-order valence-electron chi connectivity index (χ3n) is 2.69. The maximum absolute atomic E-state index is 10.1. The van der Waals surface area contributed by atoms with Gasteiger partial charge >= 0.3 is 5.97 Å². The monoisotopic (exact) mass is 281 g/mol. The first-order valence-corrected chi connectivity index (χ1v) is 6.83. The number of ether oxygens (including phenoxy) is 1. The molecule has 0 saturated heterocycles. The Balaban J connectivity index is 0.000000361. The Morgan fingerprint density at radius 1 is 1.35 bits per heavy atom. The summed E-state index contributed by atoms with van der Waals surface area (Å²) in [5.41, 5.74) is 6.79. The second-order valence-electron chi connectivity index (χ2n) is 5.86. The van der Waals surface area contributed by atoms with E-state index >= 15 is 0 Å². The van der Waals surface area contributed by atoms with Gasteiger partial charge in [-0.1, -0.05) is 32.9 Å². The molecule has 0 aromatic heterocycles. The molecule has 0 amide bonds. The molecule has 0 aliphatic rings. The van der Waals surface area contributed by atoms with Crippen molar-refractivity contribution in [2.24, 2.45) is 11.1 Å². The smallest absolute Gasteiger partial charge is 0.303 e. The fraction of sp³-hybridized carbons (Fsp3) is 0.562. The van der Waals surface area contributed by atoms with E-state index < -0.39 is 5.97 Å². The zero-order chi connectivity index (χ0) is 15.6. The van der Waals surface area contributed by atoms with Gasteiger partial charge in [0, 0.05) is 13.0 Å². The number of hydrogen-bond acceptors (Lipinski definition) is 3. The summed E-state index contributed by atoms with van der Waals surface area (Å²) < 4.78 is 5.00. The number of aliphatic carboxylic acids is 1. The minimum Gasteiger partial charge on any atom is -0.497 e. The van der Waals surface area contributed by atoms with E-state index in [0.29, 0.717) is 13.0 Å². The lowest BCUT2D eigenvalue weighted by Crippen LogP contribution is -2.05. The fourth-order valence-corrected chi connectivity index (χ4v) is 1.57. The van der Waals surface area contributed by atoms with Crippen LogP contribution in [0.2, 0.25) is 0 Å². The summed E-state index contributed by atoms with van der Waals surface area (Å²) in [5, 5.41) is 8.31. The van der Waals surface area contributed by atoms with E-state index in [1.165, 1.54) is 0 Å². The Morgan fingerprint density at radius 2 is 2.00 bits per heavy atom. The van der Waals surface area contributed by atoms with E-state index in [9.17, 15) is 4.79 Å². The number of carboxylic acid groups (broad SMARTS) is 1. The van der Waals surface area contributed by atoms with E-state index in [1.807, 2.05) is 24.3 Å². The molecular weight excluding hydrogens is 254 g/mol. The van der Waals surface area contributed by atoms with E-state index in [2.05, 4.69) is 20.8 Å². The first-order chi connectivity index (χ1) is 9.28. The predicted octanol–water partition coefficient (Wildman–Crippen LogP) is 3.44. The molecule has 1 aromatic rings. The maximum atomic E-state index is 10.1. The Kier molecular flexibility index (Phi) is 8.64. The van der Waals surface area contributed by atoms with Gasteiger partial charge in [0.25, 0.3) is 0 Å². The predicted molar refractivity (Wildman–Crippen MR) is 81.8 cm³/mol. The van der Waals surface area contributed by atoms with Crippen LogP contribution in [-0.2, 0) is 11.3 Å². The molecule has 4 nitrogen and oxygen atoms in total. The number of nitrogens with two attached hydrogens (primary N) is 1. The Labute approximate surface area is 121 Å². The molecule has 4 heteroatoms. The van der Waals surface area contributed by atoms with E-state index in [-0.39, 0.29) is 5.41 Å². The summed E-state index contributed by atoms with van der Waals surface area (Å²) >= 11 is 0. The highest BCUT2D eigenvalue weighted by molar-refractivity contribution is 5.66. The van der Waals surface area contributed by atoms with Crippen LogP contribution >= 0.6 is 0 Å². The lowest BCUT2D eigenvalue weighted by atomic mass is 9.90. The van der Waals surface area contributed by atoms with Crippen molar-refractivity contribution in [3.8, 4) is 5.75 Å². The topological polar surface area (TPSA) is 72.5 Å². The first-order valence-electron chi connectivity index (χ1n) is 6.83. The minimum absolute atomic E-state index is 0.273. The molecule has 0 radical (unpaired) electrons. The van der Waals surface area contributed by atoms with Crippen molar-refractivity contribution in [3.05, 3.63) is 29.8 Å². The van der Waals surface area contributed by atoms with Crippen LogP contribution in [0.25, 0.3) is 0 Å². The van der Waals surface area contributed by atoms with Crippen LogP contribution < -0.4 is 10.5 Å². The van der Waals surface area contributed by atoms with Crippen LogP contribution in [0.1, 0.15) is 45.6 Å². The van der Waals surface area contributed by atoms with Gasteiger partial charge in [-0.3, -0.25) is 4.79 Å². The largest absolute Gasteiger partial charge is 0.497 e. The first kappa shape index (κ1) is 18.4. The van der Waals surface area contributed by atoms with Gasteiger partial charge in [0.05, 0.1) is 7.11 Å². The Hall–Kier alpha value is -1.55. The van der Waals surface area contributed by atoms with Crippen LogP contribution in [0.4, 0.5) is 0 Å². The van der Waals surface area contributed by atoms with Gasteiger partial charge in [0.1, 0.15) is 5.75 Å². The highest BCUT2D eigenvalue weighted by atomic mass is 16.5. The minimum atomic E-state index is -0.691. The molecule has 0 saturated carbocycles. The lowest BCUT2D eigenvalue weighted by molar-refractivity contribution is -0.137. The van der Waals surface area contributed by atoms with Gasteiger partial charge in [0.15, 0.2) is 0 Å². The van der Waals surface area contributed by atoms with Crippen molar-refractivity contribution in [1.82, 2.24) is 0 Å². The standard InChI is InChI=1S/C8H11NO.C8H16O2/c1-10-8-4-2-3-7(5-8)6-9;1-8(2,3)6-4-5-7(9)10/h2-5H,6,9H2,1H3;4-6H2,1-3H3,(H,9,10). The van der Waals surface area contributed by atoms with Crippen molar-refractivity contribution in [1.29, 1.82) is 0 Å². The van der Waals surface area contributed by atoms with Crippen molar-refractivity contribution >= 4 is 5.97 Å². The number of benzene rings is 1. The van der Waals surface area contributed by atoms with Crippen molar-refractivity contribution < 1.29 is 14.6 Å². The summed E-state index contributed by atoms with van der Waals surface area (Å²) in [4.78, 5) is 10.1. The molecule has 0 fully saturated rings. The number of hydrogen-bond donors (Lipinski definition) is 2. The second-order valence-corrected chi connectivity index (χ2v) is 5.86. The van der Waals surface area contributed by atoms with Crippen LogP contribution in [0.15, 0.2) is 24.3 Å². The molecule has 0 aliphatic carbocycles. The molecule has 114 valence electrons. The highest BCUT2D eigenvalue weighted by Crippen LogP contribution is 2.21. The van der Waals surface area contributed by atoms with E-state index in [0.717, 1.165) is 24.2 Å². The van der Waals surface area contributed by atoms with E-state index in [4.69, 9.17) is 15.6 Å². The number of rotatable bonds is 5. The Bertz CT molecular complexity index is 378. The molecule has 1 rings (SSSR count). The number of methoxy groups -OCH3 is 1. The zero-order valence-corrected chi connectivity index (χ0v) is 13.0. The molecule has 0 atom stereocenters. The molecule has 3 N–H and O–H groups in total. The molecule has 0 bridgehead atoms. The summed E-state index contributed by atoms with van der Waals surface area (Å²) in [5.74, 6) is 0.173. The van der Waals surface area contributed by atoms with Gasteiger partial charge in [-0.05, 0) is 36.0 Å². The molecular formula is C16H27NO3. The second kappa shape index (κ2) is 9.37. The van der Waals surface area contributed by atoms with Crippen molar-refractivity contribution in [2.45, 2.75) is 46.6 Å². The summed E-state index contributed by atoms with van der Waals surface area (Å²) in [6.45, 7) is 6.93. The third kappa shape index (κ3) is 10.4. The van der Waals surface area contributed by atoms with Gasteiger partial charge in [-0.2, -0.15) is 0 Å². The van der Waals surface area contributed by atoms with Crippen LogP contribution in [-0.4, -0.2) is 18.2 Å². The molecule has 1 aromatic carbocycles. The summed E-state index contributed by atoms with van der Waals surface area (Å²) in [6, 6.07) is 7.74. The molecule has 0 heterocycles. The fourth-order valence-electron chi connectivity index (χ4n) is 1.57. The maximum Gasteiger partial charge on any atom is 0.303 e. The molecule has 0 aliphatic heterocycles. The quantitative estimate of drug-likeness (QED) is 0.867. The van der Waals surface area contributed by atoms with Gasteiger partial charge in [0.2, 0.25) is 0 Å². The normalized spacial score (nSPS) is 10.4. The molecule has 0 unspecified atom stereocenters. The number of carbonyl (C=O) groups is 1. The molecule has 0 spiro atoms. The third-order valence-corrected chi connectivity index (χ3v) is 2.69. The van der Waals surface area contributed by atoms with Crippen LogP contribution in [0, 0.1) is 5.41 Å².